The Bertz CT molecular complexity index is 876. The maximum Gasteiger partial charge on any atom is 0.390 e. The zero-order chi connectivity index (χ0) is 18.8. The molecule has 1 N–H and O–H groups in total. The summed E-state index contributed by atoms with van der Waals surface area (Å²) >= 11 is 0. The summed E-state index contributed by atoms with van der Waals surface area (Å²) in [5.74, 6) is -0.284. The Morgan fingerprint density at radius 1 is 1.36 bits per heavy atom. The van der Waals surface area contributed by atoms with E-state index in [0.29, 0.717) is 12.1 Å². The SMILES string of the molecule is Cc1nn(C(F)F)cc1S(=O)(=O)NCCCn1nc([N+](=O)[O-])cc1C. The first-order valence-electron chi connectivity index (χ1n) is 7.14. The molecular weight excluding hydrogens is 362 g/mol. The van der Waals surface area contributed by atoms with Crippen LogP contribution in [-0.2, 0) is 16.6 Å². The summed E-state index contributed by atoms with van der Waals surface area (Å²) in [5, 5.41) is 17.9. The normalized spacial score (nSPS) is 12.0. The van der Waals surface area contributed by atoms with Crippen LogP contribution in [0.4, 0.5) is 14.6 Å². The number of hydrogen-bond acceptors (Lipinski definition) is 6. The number of nitrogens with one attached hydrogen (secondary N) is 1. The molecule has 25 heavy (non-hydrogen) atoms. The molecule has 0 saturated heterocycles. The number of hydrogen-bond donors (Lipinski definition) is 1. The summed E-state index contributed by atoms with van der Waals surface area (Å²) in [6.45, 7) is 0.305. The number of sulfonamides is 1. The molecule has 0 aliphatic heterocycles. The van der Waals surface area contributed by atoms with E-state index in [2.05, 4.69) is 14.9 Å². The highest BCUT2D eigenvalue weighted by atomic mass is 32.2. The third-order valence-electron chi connectivity index (χ3n) is 3.36. The fourth-order valence-electron chi connectivity index (χ4n) is 2.15. The van der Waals surface area contributed by atoms with Crippen LogP contribution in [0, 0.1) is 24.0 Å². The minimum Gasteiger partial charge on any atom is -0.358 e. The van der Waals surface area contributed by atoms with Crippen molar-refractivity contribution in [1.82, 2.24) is 24.3 Å². The van der Waals surface area contributed by atoms with Crippen LogP contribution in [0.25, 0.3) is 0 Å². The van der Waals surface area contributed by atoms with Crippen molar-refractivity contribution in [3.8, 4) is 0 Å². The summed E-state index contributed by atoms with van der Waals surface area (Å²) < 4.78 is 53.4. The second-order valence-electron chi connectivity index (χ2n) is 5.21. The van der Waals surface area contributed by atoms with Gasteiger partial charge in [0, 0.05) is 6.54 Å². The van der Waals surface area contributed by atoms with Crippen molar-refractivity contribution < 1.29 is 22.1 Å². The summed E-state index contributed by atoms with van der Waals surface area (Å²) in [4.78, 5) is 9.71. The van der Waals surface area contributed by atoms with Gasteiger partial charge in [-0.05, 0) is 25.2 Å². The monoisotopic (exact) mass is 378 g/mol. The Kier molecular flexibility index (Phi) is 5.47. The lowest BCUT2D eigenvalue weighted by molar-refractivity contribution is -0.389. The van der Waals surface area contributed by atoms with Gasteiger partial charge in [-0.15, -0.1) is 0 Å². The van der Waals surface area contributed by atoms with E-state index in [-0.39, 0.29) is 34.2 Å². The molecule has 0 amide bonds. The highest BCUT2D eigenvalue weighted by molar-refractivity contribution is 7.89. The zero-order valence-electron chi connectivity index (χ0n) is 13.4. The molecule has 10 nitrogen and oxygen atoms in total. The van der Waals surface area contributed by atoms with Crippen LogP contribution in [0.5, 0.6) is 0 Å². The Morgan fingerprint density at radius 3 is 2.56 bits per heavy atom. The van der Waals surface area contributed by atoms with Gasteiger partial charge in [-0.3, -0.25) is 0 Å². The number of aryl methyl sites for hydroxylation is 3. The molecular formula is C12H16F2N6O4S. The number of aromatic nitrogens is 4. The van der Waals surface area contributed by atoms with E-state index in [1.54, 1.807) is 6.92 Å². The van der Waals surface area contributed by atoms with Gasteiger partial charge in [0.05, 0.1) is 35.3 Å². The van der Waals surface area contributed by atoms with Gasteiger partial charge in [0.25, 0.3) is 0 Å². The van der Waals surface area contributed by atoms with Crippen molar-refractivity contribution in [2.24, 2.45) is 0 Å². The van der Waals surface area contributed by atoms with Gasteiger partial charge in [-0.1, -0.05) is 0 Å². The van der Waals surface area contributed by atoms with E-state index >= 15 is 0 Å². The van der Waals surface area contributed by atoms with Gasteiger partial charge < -0.3 is 10.1 Å². The van der Waals surface area contributed by atoms with Crippen molar-refractivity contribution in [2.75, 3.05) is 6.54 Å². The smallest absolute Gasteiger partial charge is 0.358 e. The molecule has 0 aromatic carbocycles. The summed E-state index contributed by atoms with van der Waals surface area (Å²) in [6.07, 6.45) is 1.07. The van der Waals surface area contributed by atoms with Gasteiger partial charge in [-0.2, -0.15) is 18.6 Å². The van der Waals surface area contributed by atoms with E-state index in [4.69, 9.17) is 0 Å². The lowest BCUT2D eigenvalue weighted by Crippen LogP contribution is -2.26. The molecule has 0 fully saturated rings. The average molecular weight is 378 g/mol. The predicted molar refractivity (Wildman–Crippen MR) is 81.6 cm³/mol. The number of nitro groups is 1. The van der Waals surface area contributed by atoms with E-state index in [1.165, 1.54) is 17.7 Å². The number of rotatable bonds is 8. The second-order valence-corrected chi connectivity index (χ2v) is 6.95. The van der Waals surface area contributed by atoms with E-state index in [1.807, 2.05) is 0 Å². The van der Waals surface area contributed by atoms with Crippen LogP contribution in [0.15, 0.2) is 17.2 Å². The molecule has 0 aliphatic rings. The molecule has 0 spiro atoms. The Balaban J connectivity index is 1.96. The molecule has 0 unspecified atom stereocenters. The zero-order valence-corrected chi connectivity index (χ0v) is 14.2. The molecule has 0 radical (unpaired) electrons. The molecule has 2 heterocycles. The first-order valence-corrected chi connectivity index (χ1v) is 8.62. The molecule has 0 atom stereocenters. The van der Waals surface area contributed by atoms with Crippen LogP contribution in [-0.4, -0.2) is 39.4 Å². The molecule has 0 bridgehead atoms. The molecule has 13 heteroatoms. The molecule has 0 aliphatic carbocycles. The van der Waals surface area contributed by atoms with Gasteiger partial charge in [-0.25, -0.2) is 17.8 Å². The van der Waals surface area contributed by atoms with E-state index in [9.17, 15) is 27.3 Å². The van der Waals surface area contributed by atoms with Gasteiger partial charge in [0.2, 0.25) is 10.0 Å². The fraction of sp³-hybridized carbons (Fsp3) is 0.500. The third kappa shape index (κ3) is 4.36. The minimum absolute atomic E-state index is 0.00866. The Morgan fingerprint density at radius 2 is 2.04 bits per heavy atom. The average Bonchev–Trinajstić information content (AvgIpc) is 3.08. The minimum atomic E-state index is -3.98. The van der Waals surface area contributed by atoms with Crippen molar-refractivity contribution in [1.29, 1.82) is 0 Å². The van der Waals surface area contributed by atoms with Gasteiger partial charge >= 0.3 is 12.4 Å². The van der Waals surface area contributed by atoms with Crippen molar-refractivity contribution >= 4 is 15.8 Å². The maximum atomic E-state index is 12.6. The topological polar surface area (TPSA) is 125 Å². The third-order valence-corrected chi connectivity index (χ3v) is 4.92. The summed E-state index contributed by atoms with van der Waals surface area (Å²) in [7, 11) is -3.98. The summed E-state index contributed by atoms with van der Waals surface area (Å²) in [6, 6.07) is 1.31. The molecule has 138 valence electrons. The molecule has 2 aromatic heterocycles. The highest BCUT2D eigenvalue weighted by Crippen LogP contribution is 2.17. The number of halogens is 2. The van der Waals surface area contributed by atoms with Crippen LogP contribution < -0.4 is 4.72 Å². The van der Waals surface area contributed by atoms with Crippen molar-refractivity contribution in [3.63, 3.8) is 0 Å². The molecule has 2 rings (SSSR count). The largest absolute Gasteiger partial charge is 0.390 e. The van der Waals surface area contributed by atoms with E-state index in [0.717, 1.165) is 6.20 Å². The highest BCUT2D eigenvalue weighted by Gasteiger charge is 2.22. The van der Waals surface area contributed by atoms with E-state index < -0.39 is 21.5 Å². The maximum absolute atomic E-state index is 12.6. The van der Waals surface area contributed by atoms with Gasteiger partial charge in [0.15, 0.2) is 0 Å². The number of nitrogens with zero attached hydrogens (tertiary/aromatic N) is 5. The molecule has 0 saturated carbocycles. The lowest BCUT2D eigenvalue weighted by Gasteiger charge is -2.05. The van der Waals surface area contributed by atoms with Crippen LogP contribution >= 0.6 is 0 Å². The van der Waals surface area contributed by atoms with Crippen LogP contribution in [0.3, 0.4) is 0 Å². The standard InChI is InChI=1S/C12H16F2N6O4S/c1-8-6-11(20(21)22)17-18(8)5-3-4-15-25(23,24)10-7-19(12(13)14)16-9(10)2/h6-7,12,15H,3-5H2,1-2H3. The first-order chi connectivity index (χ1) is 11.6. The summed E-state index contributed by atoms with van der Waals surface area (Å²) in [5.41, 5.74) is 0.537. The van der Waals surface area contributed by atoms with Crippen LogP contribution in [0.1, 0.15) is 24.4 Å². The fourth-order valence-corrected chi connectivity index (χ4v) is 3.40. The predicted octanol–water partition coefficient (Wildman–Crippen LogP) is 1.37. The van der Waals surface area contributed by atoms with Gasteiger partial charge in [0.1, 0.15) is 4.90 Å². The lowest BCUT2D eigenvalue weighted by atomic mass is 10.4. The quantitative estimate of drug-likeness (QED) is 0.420. The second kappa shape index (κ2) is 7.23. The van der Waals surface area contributed by atoms with Crippen LogP contribution in [0.2, 0.25) is 0 Å². The molecule has 2 aromatic rings. The Hall–Kier alpha value is -2.41. The first kappa shape index (κ1) is 18.9. The van der Waals surface area contributed by atoms with Crippen molar-refractivity contribution in [2.45, 2.75) is 38.3 Å². The number of alkyl halides is 2. The Labute approximate surface area is 141 Å². The van der Waals surface area contributed by atoms with Crippen molar-refractivity contribution in [3.05, 3.63) is 33.8 Å².